The third-order valence-electron chi connectivity index (χ3n) is 5.38. The molecule has 0 radical (unpaired) electrons. The second-order valence-electron chi connectivity index (χ2n) is 7.94. The zero-order valence-electron chi connectivity index (χ0n) is 18.2. The molecule has 5 heteroatoms. The first kappa shape index (κ1) is 21.9. The normalized spacial score (nSPS) is 12.1. The summed E-state index contributed by atoms with van der Waals surface area (Å²) in [6.45, 7) is 4.29. The van der Waals surface area contributed by atoms with Crippen LogP contribution in [0.5, 0.6) is 0 Å². The molecule has 1 N–H and O–H groups in total. The van der Waals surface area contributed by atoms with E-state index in [0.717, 1.165) is 27.6 Å². The summed E-state index contributed by atoms with van der Waals surface area (Å²) in [4.78, 5) is 18.5. The van der Waals surface area contributed by atoms with Gasteiger partial charge in [-0.2, -0.15) is 0 Å². The molecule has 0 aliphatic heterocycles. The Morgan fingerprint density at radius 1 is 0.906 bits per heavy atom. The minimum Gasteiger partial charge on any atom is -0.348 e. The molecule has 0 saturated carbocycles. The number of hydrogen-bond donors (Lipinski definition) is 1. The van der Waals surface area contributed by atoms with Crippen LogP contribution in [0.25, 0.3) is 22.2 Å². The average Bonchev–Trinajstić information content (AvgIpc) is 2.83. The van der Waals surface area contributed by atoms with E-state index in [1.807, 2.05) is 98.8 Å². The lowest BCUT2D eigenvalue weighted by molar-refractivity contribution is 0.0952. The Bertz CT molecular complexity index is 1250. The van der Waals surface area contributed by atoms with E-state index in [4.69, 9.17) is 4.98 Å². The fraction of sp³-hybridized carbons (Fsp3) is 0.185. The van der Waals surface area contributed by atoms with Crippen LogP contribution in [0.3, 0.4) is 0 Å². The van der Waals surface area contributed by atoms with Crippen LogP contribution in [0, 0.1) is 0 Å². The maximum absolute atomic E-state index is 13.5. The lowest BCUT2D eigenvalue weighted by atomic mass is 9.97. The Hall–Kier alpha value is -3.31. The van der Waals surface area contributed by atoms with Crippen molar-refractivity contribution in [2.75, 3.05) is 0 Å². The van der Waals surface area contributed by atoms with Crippen LogP contribution in [0.15, 0.2) is 84.9 Å². The Kier molecular flexibility index (Phi) is 6.76. The number of amides is 1. The highest BCUT2D eigenvalue weighted by molar-refractivity contribution is 7.84. The Balaban J connectivity index is 1.87. The van der Waals surface area contributed by atoms with Crippen molar-refractivity contribution in [1.82, 2.24) is 10.3 Å². The summed E-state index contributed by atoms with van der Waals surface area (Å²) in [6.07, 6.45) is 0. The van der Waals surface area contributed by atoms with E-state index >= 15 is 0 Å². The number of fused-ring (bicyclic) bond motifs is 1. The molecule has 162 valence electrons. The summed E-state index contributed by atoms with van der Waals surface area (Å²) in [5.74, 6) is 0.0915. The molecule has 4 aromatic rings. The number of pyridine rings is 1. The van der Waals surface area contributed by atoms with Gasteiger partial charge in [0, 0.05) is 39.1 Å². The minimum atomic E-state index is -1.14. The molecule has 1 atom stereocenters. The van der Waals surface area contributed by atoms with Crippen molar-refractivity contribution in [3.05, 3.63) is 102 Å². The molecule has 1 unspecified atom stereocenters. The van der Waals surface area contributed by atoms with Crippen molar-refractivity contribution in [2.24, 2.45) is 0 Å². The number of rotatable bonds is 7. The average molecular weight is 443 g/mol. The number of para-hydroxylation sites is 1. The van der Waals surface area contributed by atoms with Crippen LogP contribution in [-0.4, -0.2) is 20.3 Å². The Labute approximate surface area is 191 Å². The number of nitrogens with zero attached hydrogens (tertiary/aromatic N) is 1. The summed E-state index contributed by atoms with van der Waals surface area (Å²) >= 11 is 0. The van der Waals surface area contributed by atoms with Gasteiger partial charge in [0.15, 0.2) is 0 Å². The summed E-state index contributed by atoms with van der Waals surface area (Å²) in [7, 11) is -1.14. The van der Waals surface area contributed by atoms with E-state index in [1.165, 1.54) is 0 Å². The third kappa shape index (κ3) is 4.78. The maximum atomic E-state index is 13.5. The minimum absolute atomic E-state index is 0.0228. The van der Waals surface area contributed by atoms with Gasteiger partial charge in [-0.15, -0.1) is 0 Å². The third-order valence-corrected chi connectivity index (χ3v) is 7.00. The van der Waals surface area contributed by atoms with Gasteiger partial charge in [0.25, 0.3) is 5.91 Å². The highest BCUT2D eigenvalue weighted by Gasteiger charge is 2.23. The molecule has 0 bridgehead atoms. The summed E-state index contributed by atoms with van der Waals surface area (Å²) in [6, 6.07) is 27.3. The van der Waals surface area contributed by atoms with Crippen LogP contribution in [-0.2, 0) is 23.1 Å². The lowest BCUT2D eigenvalue weighted by Gasteiger charge is -2.18. The van der Waals surface area contributed by atoms with Gasteiger partial charge in [-0.25, -0.2) is 4.98 Å². The van der Waals surface area contributed by atoms with Gasteiger partial charge in [0.2, 0.25) is 0 Å². The van der Waals surface area contributed by atoms with Crippen LogP contribution in [0.1, 0.15) is 35.3 Å². The standard InChI is InChI=1S/C27H26N2O2S/c1-19(2)32(31)18-23-25(27(30)28-17-20-11-5-3-6-12-20)22-15-9-10-16-24(22)29-26(23)21-13-7-4-8-14-21/h3-16,19H,17-18H2,1-2H3,(H,28,30). The van der Waals surface area contributed by atoms with Crippen LogP contribution >= 0.6 is 0 Å². The molecule has 3 aromatic carbocycles. The summed E-state index contributed by atoms with van der Waals surface area (Å²) in [5, 5.41) is 3.81. The van der Waals surface area contributed by atoms with Crippen molar-refractivity contribution < 1.29 is 9.00 Å². The van der Waals surface area contributed by atoms with Crippen molar-refractivity contribution in [3.8, 4) is 11.3 Å². The van der Waals surface area contributed by atoms with Crippen molar-refractivity contribution in [1.29, 1.82) is 0 Å². The predicted octanol–water partition coefficient (Wildman–Crippen LogP) is 5.49. The van der Waals surface area contributed by atoms with Crippen LogP contribution < -0.4 is 5.32 Å². The monoisotopic (exact) mass is 442 g/mol. The van der Waals surface area contributed by atoms with Crippen molar-refractivity contribution in [3.63, 3.8) is 0 Å². The summed E-state index contributed by atoms with van der Waals surface area (Å²) < 4.78 is 12.9. The van der Waals surface area contributed by atoms with E-state index in [1.54, 1.807) is 0 Å². The summed E-state index contributed by atoms with van der Waals surface area (Å²) in [5.41, 5.74) is 4.67. The molecule has 0 saturated heterocycles. The van der Waals surface area contributed by atoms with Gasteiger partial charge >= 0.3 is 0 Å². The smallest absolute Gasteiger partial charge is 0.252 e. The van der Waals surface area contributed by atoms with E-state index in [0.29, 0.717) is 17.8 Å². The molecule has 0 spiro atoms. The second kappa shape index (κ2) is 9.88. The predicted molar refractivity (Wildman–Crippen MR) is 132 cm³/mol. The van der Waals surface area contributed by atoms with E-state index in [9.17, 15) is 9.00 Å². The molecule has 1 amide bonds. The van der Waals surface area contributed by atoms with E-state index in [-0.39, 0.29) is 16.9 Å². The number of nitrogens with one attached hydrogen (secondary N) is 1. The number of hydrogen-bond acceptors (Lipinski definition) is 3. The quantitative estimate of drug-likeness (QED) is 0.412. The van der Waals surface area contributed by atoms with Crippen molar-refractivity contribution >= 4 is 27.6 Å². The molecular weight excluding hydrogens is 416 g/mol. The Morgan fingerprint density at radius 3 is 2.22 bits per heavy atom. The molecule has 4 rings (SSSR count). The molecule has 32 heavy (non-hydrogen) atoms. The number of carbonyl (C=O) groups excluding carboxylic acids is 1. The first-order valence-electron chi connectivity index (χ1n) is 10.7. The zero-order chi connectivity index (χ0) is 22.5. The first-order chi connectivity index (χ1) is 15.5. The van der Waals surface area contributed by atoms with Gasteiger partial charge in [0.05, 0.1) is 22.5 Å². The highest BCUT2D eigenvalue weighted by atomic mass is 32.2. The van der Waals surface area contributed by atoms with Gasteiger partial charge in [0.1, 0.15) is 0 Å². The molecule has 4 nitrogen and oxygen atoms in total. The van der Waals surface area contributed by atoms with E-state index < -0.39 is 10.8 Å². The maximum Gasteiger partial charge on any atom is 0.252 e. The first-order valence-corrected chi connectivity index (χ1v) is 12.1. The zero-order valence-corrected chi connectivity index (χ0v) is 19.1. The van der Waals surface area contributed by atoms with E-state index in [2.05, 4.69) is 5.32 Å². The number of aromatic nitrogens is 1. The van der Waals surface area contributed by atoms with Gasteiger partial charge in [-0.1, -0.05) is 92.7 Å². The topological polar surface area (TPSA) is 59.1 Å². The lowest BCUT2D eigenvalue weighted by Crippen LogP contribution is -2.25. The molecule has 1 heterocycles. The largest absolute Gasteiger partial charge is 0.348 e. The molecule has 0 aliphatic carbocycles. The molecule has 0 aliphatic rings. The Morgan fingerprint density at radius 2 is 1.53 bits per heavy atom. The highest BCUT2D eigenvalue weighted by Crippen LogP contribution is 2.31. The fourth-order valence-corrected chi connectivity index (χ4v) is 4.56. The van der Waals surface area contributed by atoms with Crippen LogP contribution in [0.4, 0.5) is 0 Å². The molecular formula is C27H26N2O2S. The van der Waals surface area contributed by atoms with Gasteiger partial charge in [-0.05, 0) is 11.6 Å². The molecule has 0 fully saturated rings. The number of carbonyl (C=O) groups is 1. The van der Waals surface area contributed by atoms with Crippen LogP contribution in [0.2, 0.25) is 0 Å². The fourth-order valence-electron chi connectivity index (χ4n) is 3.66. The van der Waals surface area contributed by atoms with Gasteiger partial charge < -0.3 is 5.32 Å². The molecule has 1 aromatic heterocycles. The SMILES string of the molecule is CC(C)S(=O)Cc1c(-c2ccccc2)nc2ccccc2c1C(=O)NCc1ccccc1. The second-order valence-corrected chi connectivity index (χ2v) is 9.93. The van der Waals surface area contributed by atoms with Gasteiger partial charge in [-0.3, -0.25) is 9.00 Å². The number of benzene rings is 3. The van der Waals surface area contributed by atoms with Crippen molar-refractivity contribution in [2.45, 2.75) is 31.4 Å².